The molecule has 25 heavy (non-hydrogen) atoms. The monoisotopic (exact) mass is 368 g/mol. The predicted molar refractivity (Wildman–Crippen MR) is 90.6 cm³/mol. The summed E-state index contributed by atoms with van der Waals surface area (Å²) < 4.78 is 55.5. The number of rotatable bonds is 7. The largest absolute Gasteiger partial charge is 0.435 e. The van der Waals surface area contributed by atoms with E-state index in [0.29, 0.717) is 6.54 Å². The van der Waals surface area contributed by atoms with Crippen molar-refractivity contribution in [2.45, 2.75) is 17.9 Å². The summed E-state index contributed by atoms with van der Waals surface area (Å²) in [4.78, 5) is 2.15. The van der Waals surface area contributed by atoms with Gasteiger partial charge in [0.25, 0.3) is 0 Å². The van der Waals surface area contributed by atoms with E-state index in [9.17, 15) is 17.2 Å². The zero-order chi connectivity index (χ0) is 17.9. The Kier molecular flexibility index (Phi) is 5.19. The van der Waals surface area contributed by atoms with Gasteiger partial charge in [-0.3, -0.25) is 0 Å². The molecule has 0 unspecified atom stereocenters. The van der Waals surface area contributed by atoms with E-state index in [2.05, 4.69) is 20.4 Å². The highest BCUT2D eigenvalue weighted by atomic mass is 32.2. The van der Waals surface area contributed by atoms with Crippen LogP contribution in [0.4, 0.5) is 14.5 Å². The fourth-order valence-electron chi connectivity index (χ4n) is 2.84. The second-order valence-corrected chi connectivity index (χ2v) is 7.38. The number of anilines is 1. The molecular weight excluding hydrogens is 350 g/mol. The highest BCUT2D eigenvalue weighted by Crippen LogP contribution is 2.26. The van der Waals surface area contributed by atoms with E-state index in [4.69, 9.17) is 0 Å². The third-order valence-corrected chi connectivity index (χ3v) is 5.49. The van der Waals surface area contributed by atoms with Crippen molar-refractivity contribution in [3.63, 3.8) is 0 Å². The zero-order valence-corrected chi connectivity index (χ0v) is 14.2. The van der Waals surface area contributed by atoms with Crippen LogP contribution < -0.4 is 14.4 Å². The Balaban J connectivity index is 1.57. The van der Waals surface area contributed by atoms with Gasteiger partial charge in [-0.1, -0.05) is 18.2 Å². The molecule has 5 nitrogen and oxygen atoms in total. The Labute approximate surface area is 145 Å². The van der Waals surface area contributed by atoms with Gasteiger partial charge in [0.05, 0.1) is 4.90 Å². The number of alkyl halides is 2. The molecule has 134 valence electrons. The number of hydrogen-bond donors (Lipinski definition) is 1. The van der Waals surface area contributed by atoms with Gasteiger partial charge in [0.1, 0.15) is 5.75 Å². The predicted octanol–water partition coefficient (Wildman–Crippen LogP) is 2.63. The normalized spacial score (nSPS) is 14.0. The molecule has 0 amide bonds. The van der Waals surface area contributed by atoms with Crippen LogP contribution in [-0.4, -0.2) is 34.7 Å². The lowest BCUT2D eigenvalue weighted by Crippen LogP contribution is -2.34. The SMILES string of the molecule is O=S(=O)(NCCN1CCc2ccccc21)c1ccc(OC(F)F)cc1. The van der Waals surface area contributed by atoms with Crippen molar-refractivity contribution in [2.75, 3.05) is 24.5 Å². The third-order valence-electron chi connectivity index (χ3n) is 4.02. The number of ether oxygens (including phenoxy) is 1. The van der Waals surface area contributed by atoms with Crippen molar-refractivity contribution in [3.05, 3.63) is 54.1 Å². The van der Waals surface area contributed by atoms with Gasteiger partial charge in [-0.25, -0.2) is 13.1 Å². The molecule has 0 atom stereocenters. The molecule has 8 heteroatoms. The van der Waals surface area contributed by atoms with Gasteiger partial charge >= 0.3 is 6.61 Å². The first-order valence-corrected chi connectivity index (χ1v) is 9.31. The minimum atomic E-state index is -3.69. The fraction of sp³-hybridized carbons (Fsp3) is 0.294. The van der Waals surface area contributed by atoms with Crippen molar-refractivity contribution in [3.8, 4) is 5.75 Å². The molecule has 1 N–H and O–H groups in total. The van der Waals surface area contributed by atoms with E-state index >= 15 is 0 Å². The molecule has 2 aromatic carbocycles. The second-order valence-electron chi connectivity index (χ2n) is 5.61. The summed E-state index contributed by atoms with van der Waals surface area (Å²) in [5.41, 5.74) is 2.40. The number of para-hydroxylation sites is 1. The van der Waals surface area contributed by atoms with E-state index < -0.39 is 16.6 Å². The van der Waals surface area contributed by atoms with Crippen molar-refractivity contribution >= 4 is 15.7 Å². The average molecular weight is 368 g/mol. The Hall–Kier alpha value is -2.19. The topological polar surface area (TPSA) is 58.6 Å². The fourth-order valence-corrected chi connectivity index (χ4v) is 3.86. The molecular formula is C17H18F2N2O3S. The van der Waals surface area contributed by atoms with E-state index in [1.165, 1.54) is 29.8 Å². The zero-order valence-electron chi connectivity index (χ0n) is 13.4. The molecule has 2 aromatic rings. The van der Waals surface area contributed by atoms with Crippen molar-refractivity contribution < 1.29 is 21.9 Å². The van der Waals surface area contributed by atoms with Gasteiger partial charge in [0.2, 0.25) is 10.0 Å². The van der Waals surface area contributed by atoms with Crippen LogP contribution in [0.3, 0.4) is 0 Å². The van der Waals surface area contributed by atoms with Gasteiger partial charge < -0.3 is 9.64 Å². The lowest BCUT2D eigenvalue weighted by Gasteiger charge is -2.19. The van der Waals surface area contributed by atoms with E-state index in [-0.39, 0.29) is 17.2 Å². The highest BCUT2D eigenvalue weighted by Gasteiger charge is 2.19. The molecule has 0 saturated carbocycles. The van der Waals surface area contributed by atoms with E-state index in [0.717, 1.165) is 18.7 Å². The molecule has 0 saturated heterocycles. The number of sulfonamides is 1. The lowest BCUT2D eigenvalue weighted by molar-refractivity contribution is -0.0498. The first-order valence-electron chi connectivity index (χ1n) is 7.83. The molecule has 0 spiro atoms. The van der Waals surface area contributed by atoms with Crippen LogP contribution in [0.2, 0.25) is 0 Å². The van der Waals surface area contributed by atoms with Crippen LogP contribution >= 0.6 is 0 Å². The second kappa shape index (κ2) is 7.37. The molecule has 0 fully saturated rings. The molecule has 1 aliphatic heterocycles. The van der Waals surface area contributed by atoms with Gasteiger partial charge in [0, 0.05) is 25.3 Å². The first-order chi connectivity index (χ1) is 12.0. The van der Waals surface area contributed by atoms with E-state index in [1.807, 2.05) is 18.2 Å². The molecule has 3 rings (SSSR count). The summed E-state index contributed by atoms with van der Waals surface area (Å²) in [6, 6.07) is 12.9. The highest BCUT2D eigenvalue weighted by molar-refractivity contribution is 7.89. The first kappa shape index (κ1) is 17.6. The summed E-state index contributed by atoms with van der Waals surface area (Å²) in [6.45, 7) is -1.26. The third kappa shape index (κ3) is 4.26. The summed E-state index contributed by atoms with van der Waals surface area (Å²) in [5, 5.41) is 0. The Morgan fingerprint density at radius 1 is 1.12 bits per heavy atom. The smallest absolute Gasteiger partial charge is 0.387 e. The van der Waals surface area contributed by atoms with Crippen LogP contribution in [0, 0.1) is 0 Å². The van der Waals surface area contributed by atoms with Crippen LogP contribution in [0.5, 0.6) is 5.75 Å². The molecule has 1 heterocycles. The van der Waals surface area contributed by atoms with Crippen LogP contribution in [-0.2, 0) is 16.4 Å². The maximum absolute atomic E-state index is 12.3. The minimum Gasteiger partial charge on any atom is -0.435 e. The van der Waals surface area contributed by atoms with Crippen LogP contribution in [0.15, 0.2) is 53.4 Å². The Morgan fingerprint density at radius 3 is 2.56 bits per heavy atom. The summed E-state index contributed by atoms with van der Waals surface area (Å²) in [5.74, 6) is -0.0809. The van der Waals surface area contributed by atoms with Gasteiger partial charge in [-0.2, -0.15) is 8.78 Å². The Morgan fingerprint density at radius 2 is 1.84 bits per heavy atom. The number of nitrogens with zero attached hydrogens (tertiary/aromatic N) is 1. The summed E-state index contributed by atoms with van der Waals surface area (Å²) >= 11 is 0. The van der Waals surface area contributed by atoms with Gasteiger partial charge in [-0.05, 0) is 42.3 Å². The summed E-state index contributed by atoms with van der Waals surface area (Å²) in [7, 11) is -3.69. The molecule has 0 radical (unpaired) electrons. The van der Waals surface area contributed by atoms with Gasteiger partial charge in [-0.15, -0.1) is 0 Å². The molecule has 0 bridgehead atoms. The number of benzene rings is 2. The van der Waals surface area contributed by atoms with Crippen LogP contribution in [0.1, 0.15) is 5.56 Å². The number of halogens is 2. The van der Waals surface area contributed by atoms with Crippen LogP contribution in [0.25, 0.3) is 0 Å². The molecule has 0 aliphatic carbocycles. The maximum atomic E-state index is 12.3. The van der Waals surface area contributed by atoms with Gasteiger partial charge in [0.15, 0.2) is 0 Å². The number of hydrogen-bond acceptors (Lipinski definition) is 4. The molecule has 1 aliphatic rings. The quantitative estimate of drug-likeness (QED) is 0.816. The lowest BCUT2D eigenvalue weighted by atomic mass is 10.2. The average Bonchev–Trinajstić information content (AvgIpc) is 2.98. The minimum absolute atomic E-state index is 0.0101. The molecule has 0 aromatic heterocycles. The van der Waals surface area contributed by atoms with Crippen molar-refractivity contribution in [2.24, 2.45) is 0 Å². The number of fused-ring (bicyclic) bond motifs is 1. The summed E-state index contributed by atoms with van der Waals surface area (Å²) in [6.07, 6.45) is 0.953. The van der Waals surface area contributed by atoms with E-state index in [1.54, 1.807) is 0 Å². The van der Waals surface area contributed by atoms with Crippen molar-refractivity contribution in [1.29, 1.82) is 0 Å². The maximum Gasteiger partial charge on any atom is 0.387 e. The number of nitrogens with one attached hydrogen (secondary N) is 1. The Bertz CT molecular complexity index is 826. The standard InChI is InChI=1S/C17H18F2N2O3S/c18-17(19)24-14-5-7-15(8-6-14)25(22,23)20-10-12-21-11-9-13-3-1-2-4-16(13)21/h1-8,17,20H,9-12H2. The van der Waals surface area contributed by atoms with Crippen molar-refractivity contribution in [1.82, 2.24) is 4.72 Å².